The molecule has 1 aliphatic carbocycles. The van der Waals surface area contributed by atoms with E-state index < -0.39 is 0 Å². The largest absolute Gasteiger partial charge is 0.448 e. The van der Waals surface area contributed by atoms with Crippen LogP contribution < -0.4 is 0 Å². The van der Waals surface area contributed by atoms with Crippen LogP contribution in [0.4, 0.5) is 0 Å². The number of aliphatic hydroxyl groups is 1. The van der Waals surface area contributed by atoms with Gasteiger partial charge in [0.1, 0.15) is 12.0 Å². The molecule has 1 aliphatic rings. The summed E-state index contributed by atoms with van der Waals surface area (Å²) in [4.78, 5) is 4.19. The normalized spacial score (nSPS) is 18.8. The van der Waals surface area contributed by atoms with Crippen LogP contribution in [0.15, 0.2) is 10.7 Å². The third kappa shape index (κ3) is 1.37. The van der Waals surface area contributed by atoms with Crippen LogP contribution in [-0.4, -0.2) is 10.1 Å². The van der Waals surface area contributed by atoms with E-state index in [1.807, 2.05) is 0 Å². The van der Waals surface area contributed by atoms with Gasteiger partial charge in [0, 0.05) is 5.92 Å². The number of aliphatic hydroxyl groups excluding tert-OH is 1. The molecule has 12 heavy (non-hydrogen) atoms. The van der Waals surface area contributed by atoms with E-state index in [0.29, 0.717) is 11.6 Å². The van der Waals surface area contributed by atoms with E-state index in [-0.39, 0.29) is 6.61 Å². The Morgan fingerprint density at radius 2 is 2.25 bits per heavy atom. The zero-order valence-corrected chi connectivity index (χ0v) is 6.99. The summed E-state index contributed by atoms with van der Waals surface area (Å²) in [6.45, 7) is -0.0176. The second-order valence-corrected chi connectivity index (χ2v) is 3.32. The first-order valence-electron chi connectivity index (χ1n) is 4.45. The summed E-state index contributed by atoms with van der Waals surface area (Å²) < 4.78 is 5.27. The van der Waals surface area contributed by atoms with Crippen LogP contribution in [0, 0.1) is 0 Å². The standard InChI is InChI=1S/C9H13NO2/c11-5-8-6-12-9(10-8)7-3-1-2-4-7/h6-7,11H,1-5H2. The van der Waals surface area contributed by atoms with Crippen molar-refractivity contribution in [3.05, 3.63) is 17.8 Å². The fourth-order valence-electron chi connectivity index (χ4n) is 1.76. The molecule has 0 saturated heterocycles. The summed E-state index contributed by atoms with van der Waals surface area (Å²) in [6, 6.07) is 0. The van der Waals surface area contributed by atoms with Crippen molar-refractivity contribution < 1.29 is 9.52 Å². The average molecular weight is 167 g/mol. The van der Waals surface area contributed by atoms with Crippen LogP contribution in [0.5, 0.6) is 0 Å². The molecule has 3 heteroatoms. The van der Waals surface area contributed by atoms with E-state index in [4.69, 9.17) is 9.52 Å². The molecule has 0 amide bonds. The summed E-state index contributed by atoms with van der Waals surface area (Å²) in [5.41, 5.74) is 0.650. The Morgan fingerprint density at radius 3 is 2.83 bits per heavy atom. The zero-order valence-electron chi connectivity index (χ0n) is 6.99. The molecule has 0 radical (unpaired) electrons. The van der Waals surface area contributed by atoms with Gasteiger partial charge < -0.3 is 9.52 Å². The van der Waals surface area contributed by atoms with E-state index in [1.165, 1.54) is 25.7 Å². The molecular formula is C9H13NO2. The highest BCUT2D eigenvalue weighted by Gasteiger charge is 2.21. The van der Waals surface area contributed by atoms with Crippen LogP contribution in [0.3, 0.4) is 0 Å². The molecule has 0 spiro atoms. The van der Waals surface area contributed by atoms with E-state index in [9.17, 15) is 0 Å². The van der Waals surface area contributed by atoms with Crippen molar-refractivity contribution in [2.75, 3.05) is 0 Å². The molecule has 1 heterocycles. The molecule has 2 rings (SSSR count). The fourth-order valence-corrected chi connectivity index (χ4v) is 1.76. The monoisotopic (exact) mass is 167 g/mol. The number of nitrogens with zero attached hydrogens (tertiary/aromatic N) is 1. The van der Waals surface area contributed by atoms with E-state index in [2.05, 4.69) is 4.98 Å². The predicted molar refractivity (Wildman–Crippen MR) is 43.6 cm³/mol. The van der Waals surface area contributed by atoms with E-state index in [0.717, 1.165) is 5.89 Å². The van der Waals surface area contributed by atoms with Crippen molar-refractivity contribution in [3.8, 4) is 0 Å². The van der Waals surface area contributed by atoms with Crippen molar-refractivity contribution in [1.29, 1.82) is 0 Å². The minimum absolute atomic E-state index is 0.0176. The smallest absolute Gasteiger partial charge is 0.197 e. The van der Waals surface area contributed by atoms with Crippen LogP contribution in [0.25, 0.3) is 0 Å². The van der Waals surface area contributed by atoms with Crippen LogP contribution in [-0.2, 0) is 6.61 Å². The minimum Gasteiger partial charge on any atom is -0.448 e. The Hall–Kier alpha value is -0.830. The second kappa shape index (κ2) is 3.27. The van der Waals surface area contributed by atoms with Crippen molar-refractivity contribution in [2.45, 2.75) is 38.2 Å². The van der Waals surface area contributed by atoms with Crippen LogP contribution in [0.2, 0.25) is 0 Å². The molecule has 0 aliphatic heterocycles. The second-order valence-electron chi connectivity index (χ2n) is 3.32. The number of hydrogen-bond acceptors (Lipinski definition) is 3. The first-order chi connectivity index (χ1) is 5.90. The quantitative estimate of drug-likeness (QED) is 0.730. The Bertz CT molecular complexity index is 251. The van der Waals surface area contributed by atoms with Crippen LogP contribution >= 0.6 is 0 Å². The maximum absolute atomic E-state index is 8.77. The van der Waals surface area contributed by atoms with Gasteiger partial charge in [0.25, 0.3) is 0 Å². The first kappa shape index (κ1) is 7.80. The number of oxazole rings is 1. The summed E-state index contributed by atoms with van der Waals surface area (Å²) in [6.07, 6.45) is 6.48. The minimum atomic E-state index is -0.0176. The van der Waals surface area contributed by atoms with Gasteiger partial charge in [0.15, 0.2) is 5.89 Å². The molecule has 1 saturated carbocycles. The van der Waals surface area contributed by atoms with Gasteiger partial charge in [-0.15, -0.1) is 0 Å². The van der Waals surface area contributed by atoms with Crippen molar-refractivity contribution >= 4 is 0 Å². The van der Waals surface area contributed by atoms with Gasteiger partial charge in [-0.3, -0.25) is 0 Å². The molecule has 1 aromatic heterocycles. The van der Waals surface area contributed by atoms with E-state index >= 15 is 0 Å². The SMILES string of the molecule is OCc1coc(C2CCCC2)n1. The summed E-state index contributed by atoms with van der Waals surface area (Å²) >= 11 is 0. The maximum Gasteiger partial charge on any atom is 0.197 e. The van der Waals surface area contributed by atoms with E-state index in [1.54, 1.807) is 6.26 Å². The summed E-state index contributed by atoms with van der Waals surface area (Å²) in [7, 11) is 0. The van der Waals surface area contributed by atoms with Crippen molar-refractivity contribution in [1.82, 2.24) is 4.98 Å². The average Bonchev–Trinajstić information content (AvgIpc) is 2.75. The highest BCUT2D eigenvalue weighted by Crippen LogP contribution is 2.33. The van der Waals surface area contributed by atoms with Gasteiger partial charge in [0.05, 0.1) is 6.61 Å². The van der Waals surface area contributed by atoms with Crippen molar-refractivity contribution in [2.24, 2.45) is 0 Å². The topological polar surface area (TPSA) is 46.3 Å². The molecule has 1 N–H and O–H groups in total. The number of aromatic nitrogens is 1. The molecule has 1 aromatic rings. The summed E-state index contributed by atoms with van der Waals surface area (Å²) in [5.74, 6) is 1.32. The first-order valence-corrected chi connectivity index (χ1v) is 4.45. The van der Waals surface area contributed by atoms with Gasteiger partial charge in [-0.25, -0.2) is 4.98 Å². The van der Waals surface area contributed by atoms with Gasteiger partial charge >= 0.3 is 0 Å². The fraction of sp³-hybridized carbons (Fsp3) is 0.667. The highest BCUT2D eigenvalue weighted by molar-refractivity contribution is 5.01. The molecule has 0 atom stereocenters. The zero-order chi connectivity index (χ0) is 8.39. The predicted octanol–water partition coefficient (Wildman–Crippen LogP) is 1.82. The van der Waals surface area contributed by atoms with Gasteiger partial charge in [-0.1, -0.05) is 12.8 Å². The molecule has 0 bridgehead atoms. The lowest BCUT2D eigenvalue weighted by Crippen LogP contribution is -1.92. The van der Waals surface area contributed by atoms with Crippen molar-refractivity contribution in [3.63, 3.8) is 0 Å². The Morgan fingerprint density at radius 1 is 1.50 bits per heavy atom. The third-order valence-corrected chi connectivity index (χ3v) is 2.44. The highest BCUT2D eigenvalue weighted by atomic mass is 16.3. The van der Waals surface area contributed by atoms with Gasteiger partial charge in [0.2, 0.25) is 0 Å². The lowest BCUT2D eigenvalue weighted by Gasteiger charge is -2.00. The Balaban J connectivity index is 2.11. The molecule has 0 aromatic carbocycles. The molecular weight excluding hydrogens is 154 g/mol. The van der Waals surface area contributed by atoms with Gasteiger partial charge in [-0.2, -0.15) is 0 Å². The third-order valence-electron chi connectivity index (χ3n) is 2.44. The molecule has 1 fully saturated rings. The Kier molecular flexibility index (Phi) is 2.13. The molecule has 3 nitrogen and oxygen atoms in total. The maximum atomic E-state index is 8.77. The molecule has 66 valence electrons. The summed E-state index contributed by atoms with van der Waals surface area (Å²) in [5, 5.41) is 8.77. The molecule has 0 unspecified atom stereocenters. The Labute approximate surface area is 71.4 Å². The lowest BCUT2D eigenvalue weighted by molar-refractivity contribution is 0.276. The number of hydrogen-bond donors (Lipinski definition) is 1. The van der Waals surface area contributed by atoms with Gasteiger partial charge in [-0.05, 0) is 12.8 Å². The van der Waals surface area contributed by atoms with Crippen LogP contribution in [0.1, 0.15) is 43.2 Å². The lowest BCUT2D eigenvalue weighted by atomic mass is 10.1. The number of rotatable bonds is 2.